The molecule has 1 rings (SSSR count). The molecule has 1 atom stereocenters. The second kappa shape index (κ2) is 4.48. The molecule has 0 aliphatic heterocycles. The van der Waals surface area contributed by atoms with Crippen LogP contribution in [-0.2, 0) is 14.4 Å². The van der Waals surface area contributed by atoms with Gasteiger partial charge in [-0.15, -0.1) is 0 Å². The van der Waals surface area contributed by atoms with Gasteiger partial charge in [-0.05, 0) is 19.3 Å². The van der Waals surface area contributed by atoms with E-state index in [-0.39, 0.29) is 0 Å². The molecule has 0 saturated heterocycles. The standard InChI is InChI=1S/C9H15N3O4/c10-6(13)4-5(7(14)15)12-8(16)9(11)2-1-3-9/h5H,1-4,11H2,(H2,10,13)(H,12,16)(H,14,15)/t5-/m1/s1. The van der Waals surface area contributed by atoms with Crippen molar-refractivity contribution in [2.24, 2.45) is 11.5 Å². The van der Waals surface area contributed by atoms with E-state index in [9.17, 15) is 14.4 Å². The Morgan fingerprint density at radius 1 is 1.38 bits per heavy atom. The van der Waals surface area contributed by atoms with Gasteiger partial charge in [0.25, 0.3) is 0 Å². The summed E-state index contributed by atoms with van der Waals surface area (Å²) in [6.07, 6.45) is 1.47. The third kappa shape index (κ3) is 2.69. The summed E-state index contributed by atoms with van der Waals surface area (Å²) >= 11 is 0. The number of hydrogen-bond acceptors (Lipinski definition) is 4. The van der Waals surface area contributed by atoms with Crippen LogP contribution in [0.2, 0.25) is 0 Å². The van der Waals surface area contributed by atoms with Crippen LogP contribution in [0.4, 0.5) is 0 Å². The van der Waals surface area contributed by atoms with Crippen LogP contribution in [0.3, 0.4) is 0 Å². The first-order valence-corrected chi connectivity index (χ1v) is 4.96. The minimum atomic E-state index is -1.30. The summed E-state index contributed by atoms with van der Waals surface area (Å²) < 4.78 is 0. The van der Waals surface area contributed by atoms with Crippen molar-refractivity contribution in [3.05, 3.63) is 0 Å². The Bertz CT molecular complexity index is 325. The van der Waals surface area contributed by atoms with Crippen LogP contribution in [0.25, 0.3) is 0 Å². The Morgan fingerprint density at radius 2 is 1.94 bits per heavy atom. The minimum absolute atomic E-state index is 0.433. The largest absolute Gasteiger partial charge is 0.480 e. The minimum Gasteiger partial charge on any atom is -0.480 e. The molecule has 16 heavy (non-hydrogen) atoms. The molecule has 1 aliphatic rings. The van der Waals surface area contributed by atoms with Gasteiger partial charge in [-0.25, -0.2) is 4.79 Å². The highest BCUT2D eigenvalue weighted by molar-refractivity contribution is 5.92. The molecule has 7 heteroatoms. The van der Waals surface area contributed by atoms with Crippen LogP contribution in [0, 0.1) is 0 Å². The number of carbonyl (C=O) groups excluding carboxylic acids is 2. The summed E-state index contributed by atoms with van der Waals surface area (Å²) in [7, 11) is 0. The topological polar surface area (TPSA) is 136 Å². The molecular weight excluding hydrogens is 214 g/mol. The molecule has 90 valence electrons. The highest BCUT2D eigenvalue weighted by Crippen LogP contribution is 2.29. The van der Waals surface area contributed by atoms with Crippen LogP contribution in [0.1, 0.15) is 25.7 Å². The van der Waals surface area contributed by atoms with Gasteiger partial charge < -0.3 is 21.9 Å². The molecule has 1 fully saturated rings. The van der Waals surface area contributed by atoms with E-state index in [4.69, 9.17) is 16.6 Å². The average Bonchev–Trinajstić information content (AvgIpc) is 2.11. The normalized spacial score (nSPS) is 19.3. The van der Waals surface area contributed by atoms with Gasteiger partial charge in [0.1, 0.15) is 6.04 Å². The summed E-state index contributed by atoms with van der Waals surface area (Å²) in [5, 5.41) is 11.0. The molecule has 0 aromatic heterocycles. The number of primary amides is 1. The second-order valence-electron chi connectivity index (χ2n) is 4.04. The van der Waals surface area contributed by atoms with Gasteiger partial charge in [-0.1, -0.05) is 0 Å². The van der Waals surface area contributed by atoms with E-state index >= 15 is 0 Å². The predicted molar refractivity (Wildman–Crippen MR) is 54.1 cm³/mol. The monoisotopic (exact) mass is 229 g/mol. The molecular formula is C9H15N3O4. The zero-order valence-electron chi connectivity index (χ0n) is 8.73. The Kier molecular flexibility index (Phi) is 3.48. The molecule has 0 radical (unpaired) electrons. The van der Waals surface area contributed by atoms with Gasteiger partial charge in [-0.2, -0.15) is 0 Å². The summed E-state index contributed by atoms with van der Waals surface area (Å²) in [5.41, 5.74) is 9.60. The number of nitrogens with one attached hydrogen (secondary N) is 1. The molecule has 0 heterocycles. The Balaban J connectivity index is 2.57. The van der Waals surface area contributed by atoms with Crippen LogP contribution in [0.5, 0.6) is 0 Å². The first kappa shape index (κ1) is 12.4. The maximum absolute atomic E-state index is 11.6. The fourth-order valence-corrected chi connectivity index (χ4v) is 1.49. The lowest BCUT2D eigenvalue weighted by Crippen LogP contribution is -2.61. The molecule has 7 nitrogen and oxygen atoms in total. The van der Waals surface area contributed by atoms with E-state index in [0.717, 1.165) is 6.42 Å². The number of amides is 2. The molecule has 0 spiro atoms. The summed E-state index contributed by atoms with van der Waals surface area (Å²) in [6.45, 7) is 0. The summed E-state index contributed by atoms with van der Waals surface area (Å²) in [6, 6.07) is -1.30. The van der Waals surface area contributed by atoms with E-state index < -0.39 is 35.8 Å². The summed E-state index contributed by atoms with van der Waals surface area (Å²) in [5.74, 6) is -2.62. The molecule has 1 saturated carbocycles. The fraction of sp³-hybridized carbons (Fsp3) is 0.667. The van der Waals surface area contributed by atoms with Gasteiger partial charge in [0.15, 0.2) is 0 Å². The van der Waals surface area contributed by atoms with Gasteiger partial charge in [0.2, 0.25) is 11.8 Å². The third-order valence-corrected chi connectivity index (χ3v) is 2.71. The van der Waals surface area contributed by atoms with Crippen LogP contribution < -0.4 is 16.8 Å². The Hall–Kier alpha value is -1.63. The van der Waals surface area contributed by atoms with Gasteiger partial charge in [-0.3, -0.25) is 9.59 Å². The molecule has 0 bridgehead atoms. The van der Waals surface area contributed by atoms with Gasteiger partial charge in [0.05, 0.1) is 12.0 Å². The Morgan fingerprint density at radius 3 is 2.25 bits per heavy atom. The van der Waals surface area contributed by atoms with Crippen molar-refractivity contribution in [2.45, 2.75) is 37.3 Å². The number of nitrogens with two attached hydrogens (primary N) is 2. The quantitative estimate of drug-likeness (QED) is 0.446. The number of carboxylic acid groups (broad SMARTS) is 1. The average molecular weight is 229 g/mol. The summed E-state index contributed by atoms with van der Waals surface area (Å²) in [4.78, 5) is 32.9. The van der Waals surface area contributed by atoms with Crippen molar-refractivity contribution >= 4 is 17.8 Å². The maximum atomic E-state index is 11.6. The number of carbonyl (C=O) groups is 3. The highest BCUT2D eigenvalue weighted by atomic mass is 16.4. The lowest BCUT2D eigenvalue weighted by atomic mass is 9.77. The van der Waals surface area contributed by atoms with Crippen molar-refractivity contribution in [1.82, 2.24) is 5.32 Å². The van der Waals surface area contributed by atoms with Crippen molar-refractivity contribution < 1.29 is 19.5 Å². The lowest BCUT2D eigenvalue weighted by Gasteiger charge is -2.36. The predicted octanol–water partition coefficient (Wildman–Crippen LogP) is -1.69. The smallest absolute Gasteiger partial charge is 0.326 e. The van der Waals surface area contributed by atoms with E-state index in [1.807, 2.05) is 0 Å². The van der Waals surface area contributed by atoms with E-state index in [0.29, 0.717) is 12.8 Å². The zero-order valence-corrected chi connectivity index (χ0v) is 8.73. The first-order valence-electron chi connectivity index (χ1n) is 4.96. The number of hydrogen-bond donors (Lipinski definition) is 4. The lowest BCUT2D eigenvalue weighted by molar-refractivity contribution is -0.144. The highest BCUT2D eigenvalue weighted by Gasteiger charge is 2.41. The van der Waals surface area contributed by atoms with E-state index in [1.165, 1.54) is 0 Å². The second-order valence-corrected chi connectivity index (χ2v) is 4.04. The number of carboxylic acids is 1. The van der Waals surface area contributed by atoms with Crippen LogP contribution in [0.15, 0.2) is 0 Å². The molecule has 0 aromatic rings. The number of aliphatic carboxylic acids is 1. The number of rotatable bonds is 5. The van der Waals surface area contributed by atoms with Crippen molar-refractivity contribution in [3.63, 3.8) is 0 Å². The SMILES string of the molecule is NC(=O)C[C@@H](NC(=O)C1(N)CCC1)C(=O)O. The van der Waals surface area contributed by atoms with Crippen LogP contribution >= 0.6 is 0 Å². The third-order valence-electron chi connectivity index (χ3n) is 2.71. The first-order chi connectivity index (χ1) is 7.35. The maximum Gasteiger partial charge on any atom is 0.326 e. The van der Waals surface area contributed by atoms with E-state index in [2.05, 4.69) is 5.32 Å². The fourth-order valence-electron chi connectivity index (χ4n) is 1.49. The van der Waals surface area contributed by atoms with Crippen molar-refractivity contribution in [3.8, 4) is 0 Å². The van der Waals surface area contributed by atoms with Crippen molar-refractivity contribution in [1.29, 1.82) is 0 Å². The van der Waals surface area contributed by atoms with E-state index in [1.54, 1.807) is 0 Å². The zero-order chi connectivity index (χ0) is 12.3. The van der Waals surface area contributed by atoms with Gasteiger partial charge >= 0.3 is 5.97 Å². The molecule has 2 amide bonds. The molecule has 0 unspecified atom stereocenters. The molecule has 0 aromatic carbocycles. The van der Waals surface area contributed by atoms with Gasteiger partial charge in [0, 0.05) is 0 Å². The molecule has 1 aliphatic carbocycles. The van der Waals surface area contributed by atoms with Crippen molar-refractivity contribution in [2.75, 3.05) is 0 Å². The van der Waals surface area contributed by atoms with Crippen LogP contribution in [-0.4, -0.2) is 34.5 Å². The Labute approximate surface area is 92.2 Å². The molecule has 6 N–H and O–H groups in total.